The van der Waals surface area contributed by atoms with Crippen molar-refractivity contribution in [2.45, 2.75) is 29.8 Å². The van der Waals surface area contributed by atoms with Crippen molar-refractivity contribution in [3.05, 3.63) is 66.2 Å². The van der Waals surface area contributed by atoms with E-state index in [1.165, 1.54) is 16.7 Å². The molecule has 0 amide bonds. The lowest BCUT2D eigenvalue weighted by molar-refractivity contribution is 0.585. The van der Waals surface area contributed by atoms with Crippen molar-refractivity contribution in [2.24, 2.45) is 0 Å². The van der Waals surface area contributed by atoms with Crippen molar-refractivity contribution in [1.82, 2.24) is 0 Å². The predicted octanol–water partition coefficient (Wildman–Crippen LogP) is 4.09. The van der Waals surface area contributed by atoms with Gasteiger partial charge in [0.25, 0.3) is 0 Å². The summed E-state index contributed by atoms with van der Waals surface area (Å²) >= 11 is 0. The van der Waals surface area contributed by atoms with Crippen LogP contribution in [0.4, 0.5) is 0 Å². The fraction of sp³-hybridized carbons (Fsp3) is 0.263. The molecule has 0 radical (unpaired) electrons. The van der Waals surface area contributed by atoms with Gasteiger partial charge in [0.1, 0.15) is 0 Å². The summed E-state index contributed by atoms with van der Waals surface area (Å²) in [5.41, 5.74) is 4.73. The average Bonchev–Trinajstić information content (AvgIpc) is 2.73. The van der Waals surface area contributed by atoms with Gasteiger partial charge in [-0.15, -0.1) is 0 Å². The van der Waals surface area contributed by atoms with Gasteiger partial charge in [-0.3, -0.25) is 0 Å². The van der Waals surface area contributed by atoms with Crippen LogP contribution < -0.4 is 0 Å². The summed E-state index contributed by atoms with van der Waals surface area (Å²) in [4.78, 5) is 0. The Hall–Kier alpha value is -1.87. The van der Waals surface area contributed by atoms with E-state index in [4.69, 9.17) is 0 Å². The van der Waals surface area contributed by atoms with Crippen LogP contribution >= 0.6 is 0 Å². The van der Waals surface area contributed by atoms with Crippen LogP contribution in [0.5, 0.6) is 0 Å². The molecule has 0 spiro atoms. The molecule has 1 fully saturated rings. The molecule has 2 nitrogen and oxygen atoms in total. The minimum Gasteiger partial charge on any atom is -0.228 e. The van der Waals surface area contributed by atoms with Gasteiger partial charge in [0, 0.05) is 0 Å². The van der Waals surface area contributed by atoms with Gasteiger partial charge in [-0.25, -0.2) is 8.42 Å². The third-order valence-corrected chi connectivity index (χ3v) is 7.38. The van der Waals surface area contributed by atoms with E-state index in [9.17, 15) is 8.42 Å². The van der Waals surface area contributed by atoms with E-state index in [2.05, 4.69) is 36.4 Å². The van der Waals surface area contributed by atoms with Crippen LogP contribution in [0, 0.1) is 0 Å². The van der Waals surface area contributed by atoms with E-state index in [0.717, 1.165) is 18.4 Å². The molecule has 2 aromatic rings. The lowest BCUT2D eigenvalue weighted by Gasteiger charge is -2.21. The Balaban J connectivity index is 1.73. The molecular weight excluding hydrogens is 292 g/mol. The zero-order valence-corrected chi connectivity index (χ0v) is 13.1. The zero-order valence-electron chi connectivity index (χ0n) is 12.3. The maximum atomic E-state index is 12.2. The first-order chi connectivity index (χ1) is 10.6. The molecule has 2 aromatic carbocycles. The smallest absolute Gasteiger partial charge is 0.159 e. The van der Waals surface area contributed by atoms with E-state index in [0.29, 0.717) is 6.42 Å². The van der Waals surface area contributed by atoms with Crippen molar-refractivity contribution in [3.63, 3.8) is 0 Å². The van der Waals surface area contributed by atoms with Gasteiger partial charge in [-0.05, 0) is 47.6 Å². The second kappa shape index (κ2) is 5.10. The van der Waals surface area contributed by atoms with Gasteiger partial charge in [-0.2, -0.15) is 0 Å². The predicted molar refractivity (Wildman–Crippen MR) is 90.2 cm³/mol. The standard InChI is InChI=1S/C19H18O2S/c20-22(21)18-9-10-19(22)13-17(12-18)16-8-4-7-15(11-16)14-5-2-1-3-6-14/h1-8,11-12,18-19H,9-10,13H2. The molecule has 1 saturated heterocycles. The van der Waals surface area contributed by atoms with E-state index >= 15 is 0 Å². The molecule has 3 heteroatoms. The normalized spacial score (nSPS) is 25.7. The molecule has 0 aromatic heterocycles. The minimum atomic E-state index is -2.91. The Morgan fingerprint density at radius 1 is 0.818 bits per heavy atom. The first-order valence-electron chi connectivity index (χ1n) is 7.74. The van der Waals surface area contributed by atoms with Gasteiger partial charge in [0.05, 0.1) is 10.5 Å². The molecular formula is C19H18O2S. The molecule has 4 rings (SSSR count). The SMILES string of the molecule is O=S1(=O)C2C=C(c3cccc(-c4ccccc4)c3)CC1CC2. The summed E-state index contributed by atoms with van der Waals surface area (Å²) in [6.45, 7) is 0. The quantitative estimate of drug-likeness (QED) is 0.837. The largest absolute Gasteiger partial charge is 0.228 e. The van der Waals surface area contributed by atoms with Crippen molar-refractivity contribution >= 4 is 15.4 Å². The monoisotopic (exact) mass is 310 g/mol. The Morgan fingerprint density at radius 3 is 2.32 bits per heavy atom. The van der Waals surface area contributed by atoms with Crippen molar-refractivity contribution in [2.75, 3.05) is 0 Å². The fourth-order valence-electron chi connectivity index (χ4n) is 3.60. The van der Waals surface area contributed by atoms with Crippen LogP contribution in [-0.2, 0) is 9.84 Å². The molecule has 2 heterocycles. The summed E-state index contributed by atoms with van der Waals surface area (Å²) in [6.07, 6.45) is 4.25. The van der Waals surface area contributed by atoms with E-state index < -0.39 is 9.84 Å². The molecule has 2 aliphatic heterocycles. The van der Waals surface area contributed by atoms with Crippen LogP contribution in [-0.4, -0.2) is 18.9 Å². The van der Waals surface area contributed by atoms with Crippen LogP contribution in [0.1, 0.15) is 24.8 Å². The highest BCUT2D eigenvalue weighted by Crippen LogP contribution is 2.41. The Morgan fingerprint density at radius 2 is 1.55 bits per heavy atom. The summed E-state index contributed by atoms with van der Waals surface area (Å²) < 4.78 is 24.4. The van der Waals surface area contributed by atoms with Crippen molar-refractivity contribution in [1.29, 1.82) is 0 Å². The van der Waals surface area contributed by atoms with Crippen molar-refractivity contribution < 1.29 is 8.42 Å². The summed E-state index contributed by atoms with van der Waals surface area (Å²) in [5.74, 6) is 0. The van der Waals surface area contributed by atoms with E-state index in [-0.39, 0.29) is 10.5 Å². The van der Waals surface area contributed by atoms with Gasteiger partial charge in [-0.1, -0.05) is 54.6 Å². The first kappa shape index (κ1) is 13.8. The van der Waals surface area contributed by atoms with Crippen LogP contribution in [0.3, 0.4) is 0 Å². The second-order valence-electron chi connectivity index (χ2n) is 6.17. The van der Waals surface area contributed by atoms with Gasteiger partial charge >= 0.3 is 0 Å². The first-order valence-corrected chi connectivity index (χ1v) is 9.35. The highest BCUT2D eigenvalue weighted by Gasteiger charge is 2.43. The Labute approximate surface area is 131 Å². The molecule has 2 bridgehead atoms. The molecule has 0 saturated carbocycles. The molecule has 2 atom stereocenters. The van der Waals surface area contributed by atoms with E-state index in [1.54, 1.807) is 0 Å². The Bertz CT molecular complexity index is 835. The molecule has 0 N–H and O–H groups in total. The number of allylic oxidation sites excluding steroid dienone is 1. The number of hydrogen-bond acceptors (Lipinski definition) is 2. The van der Waals surface area contributed by atoms with Crippen molar-refractivity contribution in [3.8, 4) is 11.1 Å². The topological polar surface area (TPSA) is 34.1 Å². The minimum absolute atomic E-state index is 0.169. The molecule has 112 valence electrons. The number of hydrogen-bond donors (Lipinski definition) is 0. The lowest BCUT2D eigenvalue weighted by Crippen LogP contribution is -2.26. The number of rotatable bonds is 2. The molecule has 2 unspecified atom stereocenters. The Kier molecular flexibility index (Phi) is 3.19. The maximum absolute atomic E-state index is 12.2. The molecule has 22 heavy (non-hydrogen) atoms. The second-order valence-corrected chi connectivity index (χ2v) is 8.62. The zero-order chi connectivity index (χ0) is 15.2. The number of fused-ring (bicyclic) bond motifs is 2. The fourth-order valence-corrected chi connectivity index (χ4v) is 5.79. The third kappa shape index (κ3) is 2.20. The summed E-state index contributed by atoms with van der Waals surface area (Å²) in [7, 11) is -2.91. The maximum Gasteiger partial charge on any atom is 0.159 e. The lowest BCUT2D eigenvalue weighted by atomic mass is 9.96. The summed E-state index contributed by atoms with van der Waals surface area (Å²) in [6, 6.07) is 18.7. The summed E-state index contributed by atoms with van der Waals surface area (Å²) in [5, 5.41) is -0.431. The highest BCUT2D eigenvalue weighted by molar-refractivity contribution is 7.93. The average molecular weight is 310 g/mol. The van der Waals surface area contributed by atoms with Gasteiger partial charge < -0.3 is 0 Å². The van der Waals surface area contributed by atoms with Crippen LogP contribution in [0.15, 0.2) is 60.7 Å². The van der Waals surface area contributed by atoms with Crippen LogP contribution in [0.25, 0.3) is 16.7 Å². The third-order valence-electron chi connectivity index (χ3n) is 4.83. The molecule has 0 aliphatic carbocycles. The van der Waals surface area contributed by atoms with Gasteiger partial charge in [0.2, 0.25) is 0 Å². The number of benzene rings is 2. The van der Waals surface area contributed by atoms with Gasteiger partial charge in [0.15, 0.2) is 9.84 Å². The molecule has 2 aliphatic rings. The van der Waals surface area contributed by atoms with Crippen LogP contribution in [0.2, 0.25) is 0 Å². The number of sulfone groups is 1. The highest BCUT2D eigenvalue weighted by atomic mass is 32.2. The van der Waals surface area contributed by atoms with E-state index in [1.807, 2.05) is 24.3 Å².